The summed E-state index contributed by atoms with van der Waals surface area (Å²) in [6.45, 7) is 4.56. The van der Waals surface area contributed by atoms with Gasteiger partial charge in [0.2, 0.25) is 11.8 Å². The standard InChI is InChI=1S/C37H47N3O7/c41-26-27-10-12-30(13-11-27)34-23-33(25-40-18-20-45-21-19-40)46-37(47-34)31-16-14-29(15-17-31)32-7-5-6-28(22-32)24-38-35(42)8-3-1-2-4-9-36(43)39-44/h5-7,10-17,22,33-34,37,41,44H,1-4,8-9,18-21,23-26H2,(H,38,42)(H,39,43)/t33-,34+,37+/m1/s1. The highest BCUT2D eigenvalue weighted by Gasteiger charge is 2.33. The smallest absolute Gasteiger partial charge is 0.243 e. The van der Waals surface area contributed by atoms with Crippen LogP contribution in [0, 0.1) is 0 Å². The fourth-order valence-corrected chi connectivity index (χ4v) is 6.07. The highest BCUT2D eigenvalue weighted by atomic mass is 16.7. The van der Waals surface area contributed by atoms with E-state index < -0.39 is 6.29 Å². The predicted octanol–water partition coefficient (Wildman–Crippen LogP) is 5.19. The highest BCUT2D eigenvalue weighted by Crippen LogP contribution is 2.38. The van der Waals surface area contributed by atoms with Crippen molar-refractivity contribution in [1.82, 2.24) is 15.7 Å². The molecule has 0 unspecified atom stereocenters. The first-order chi connectivity index (χ1) is 23.0. The van der Waals surface area contributed by atoms with Crippen molar-refractivity contribution in [3.8, 4) is 11.1 Å². The van der Waals surface area contributed by atoms with Crippen molar-refractivity contribution in [1.29, 1.82) is 0 Å². The Labute approximate surface area is 277 Å². The molecule has 2 amide bonds. The van der Waals surface area contributed by atoms with Crippen molar-refractivity contribution in [3.63, 3.8) is 0 Å². The van der Waals surface area contributed by atoms with Gasteiger partial charge in [0.25, 0.3) is 0 Å². The number of aliphatic hydroxyl groups excluding tert-OH is 1. The molecule has 4 N–H and O–H groups in total. The lowest BCUT2D eigenvalue weighted by Gasteiger charge is -2.39. The van der Waals surface area contributed by atoms with E-state index in [4.69, 9.17) is 19.4 Å². The number of hydroxylamine groups is 1. The summed E-state index contributed by atoms with van der Waals surface area (Å²) in [7, 11) is 0. The van der Waals surface area contributed by atoms with Gasteiger partial charge in [-0.3, -0.25) is 19.7 Å². The maximum Gasteiger partial charge on any atom is 0.243 e. The maximum absolute atomic E-state index is 12.4. The third-order valence-corrected chi connectivity index (χ3v) is 8.80. The molecule has 3 aromatic rings. The Morgan fingerprint density at radius 1 is 0.787 bits per heavy atom. The topological polar surface area (TPSA) is 130 Å². The fourth-order valence-electron chi connectivity index (χ4n) is 6.07. The Bertz CT molecular complexity index is 1410. The molecule has 5 rings (SSSR count). The summed E-state index contributed by atoms with van der Waals surface area (Å²) in [6, 6.07) is 24.4. The molecule has 0 bridgehead atoms. The number of hydrogen-bond acceptors (Lipinski definition) is 8. The van der Waals surface area contributed by atoms with E-state index in [9.17, 15) is 14.7 Å². The third-order valence-electron chi connectivity index (χ3n) is 8.80. The van der Waals surface area contributed by atoms with Crippen LogP contribution < -0.4 is 10.8 Å². The number of ether oxygens (including phenoxy) is 3. The van der Waals surface area contributed by atoms with E-state index in [1.54, 1.807) is 5.48 Å². The lowest BCUT2D eigenvalue weighted by molar-refractivity contribution is -0.253. The number of carbonyl (C=O) groups excluding carboxylic acids is 2. The van der Waals surface area contributed by atoms with Crippen LogP contribution in [0.2, 0.25) is 0 Å². The quantitative estimate of drug-likeness (QED) is 0.101. The van der Waals surface area contributed by atoms with Gasteiger partial charge in [0.1, 0.15) is 0 Å². The van der Waals surface area contributed by atoms with Gasteiger partial charge in [-0.2, -0.15) is 0 Å². The van der Waals surface area contributed by atoms with Gasteiger partial charge < -0.3 is 24.6 Å². The SMILES string of the molecule is O=C(CCCCCCC(=O)NCc1cccc(-c2ccc([C@H]3O[C@@H](CN4CCOCC4)C[C@@H](c4ccc(CO)cc4)O3)cc2)c1)NO. The molecule has 0 saturated carbocycles. The molecule has 10 heteroatoms. The van der Waals surface area contributed by atoms with Gasteiger partial charge in [0.05, 0.1) is 32.0 Å². The van der Waals surface area contributed by atoms with E-state index in [0.717, 1.165) is 91.9 Å². The van der Waals surface area contributed by atoms with Crippen LogP contribution in [0.5, 0.6) is 0 Å². The Morgan fingerprint density at radius 2 is 1.49 bits per heavy atom. The fraction of sp³-hybridized carbons (Fsp3) is 0.459. The lowest BCUT2D eigenvalue weighted by atomic mass is 9.99. The van der Waals surface area contributed by atoms with Crippen LogP contribution in [0.1, 0.15) is 79.6 Å². The lowest BCUT2D eigenvalue weighted by Crippen LogP contribution is -2.44. The van der Waals surface area contributed by atoms with Crippen LogP contribution in [0.3, 0.4) is 0 Å². The summed E-state index contributed by atoms with van der Waals surface area (Å²) in [6.07, 6.45) is 4.02. The number of benzene rings is 3. The first-order valence-corrected chi connectivity index (χ1v) is 16.7. The number of nitrogens with one attached hydrogen (secondary N) is 2. The van der Waals surface area contributed by atoms with Crippen molar-refractivity contribution in [2.24, 2.45) is 0 Å². The van der Waals surface area contributed by atoms with Gasteiger partial charge in [0.15, 0.2) is 6.29 Å². The maximum atomic E-state index is 12.4. The molecule has 2 heterocycles. The monoisotopic (exact) mass is 645 g/mol. The summed E-state index contributed by atoms with van der Waals surface area (Å²) in [5, 5.41) is 21.0. The first kappa shape index (κ1) is 34.7. The van der Waals surface area contributed by atoms with E-state index in [1.807, 2.05) is 36.4 Å². The summed E-state index contributed by atoms with van der Waals surface area (Å²) < 4.78 is 18.6. The average molecular weight is 646 g/mol. The predicted molar refractivity (Wildman–Crippen MR) is 177 cm³/mol. The Hall–Kier alpha value is -3.64. The van der Waals surface area contributed by atoms with Gasteiger partial charge in [-0.1, -0.05) is 79.6 Å². The molecule has 2 fully saturated rings. The van der Waals surface area contributed by atoms with Crippen LogP contribution in [-0.4, -0.2) is 66.0 Å². The van der Waals surface area contributed by atoms with Crippen LogP contribution in [0.4, 0.5) is 0 Å². The zero-order valence-corrected chi connectivity index (χ0v) is 26.9. The summed E-state index contributed by atoms with van der Waals surface area (Å²) in [5.41, 5.74) is 7.69. The van der Waals surface area contributed by atoms with Gasteiger partial charge >= 0.3 is 0 Å². The van der Waals surface area contributed by atoms with Crippen molar-refractivity contribution < 1.29 is 34.1 Å². The molecule has 10 nitrogen and oxygen atoms in total. The Balaban J connectivity index is 1.17. The van der Waals surface area contributed by atoms with E-state index >= 15 is 0 Å². The van der Waals surface area contributed by atoms with Crippen LogP contribution in [0.15, 0.2) is 72.8 Å². The Morgan fingerprint density at radius 3 is 2.19 bits per heavy atom. The Kier molecular flexibility index (Phi) is 13.3. The number of hydrogen-bond donors (Lipinski definition) is 4. The van der Waals surface area contributed by atoms with Crippen LogP contribution >= 0.6 is 0 Å². The normalized spacial score (nSPS) is 20.1. The molecular formula is C37H47N3O7. The molecule has 3 aromatic carbocycles. The average Bonchev–Trinajstić information content (AvgIpc) is 3.12. The second-order valence-corrected chi connectivity index (χ2v) is 12.3. The summed E-state index contributed by atoms with van der Waals surface area (Å²) in [4.78, 5) is 25.8. The van der Waals surface area contributed by atoms with Gasteiger partial charge in [-0.25, -0.2) is 5.48 Å². The highest BCUT2D eigenvalue weighted by molar-refractivity contribution is 5.76. The zero-order valence-electron chi connectivity index (χ0n) is 26.9. The second kappa shape index (κ2) is 18.1. The minimum absolute atomic E-state index is 0.000953. The number of unbranched alkanes of at least 4 members (excludes halogenated alkanes) is 3. The molecular weight excluding hydrogens is 598 g/mol. The molecule has 0 spiro atoms. The number of morpholine rings is 1. The van der Waals surface area contributed by atoms with Gasteiger partial charge in [-0.15, -0.1) is 0 Å². The molecule has 0 aromatic heterocycles. The molecule has 2 saturated heterocycles. The molecule has 2 aliphatic heterocycles. The minimum Gasteiger partial charge on any atom is -0.392 e. The van der Waals surface area contributed by atoms with E-state index in [-0.39, 0.29) is 30.6 Å². The number of carbonyl (C=O) groups is 2. The second-order valence-electron chi connectivity index (χ2n) is 12.3. The summed E-state index contributed by atoms with van der Waals surface area (Å²) >= 11 is 0. The first-order valence-electron chi connectivity index (χ1n) is 16.7. The van der Waals surface area contributed by atoms with Crippen molar-refractivity contribution >= 4 is 11.8 Å². The van der Waals surface area contributed by atoms with Crippen LogP contribution in [0.25, 0.3) is 11.1 Å². The minimum atomic E-state index is -0.507. The molecule has 0 aliphatic carbocycles. The largest absolute Gasteiger partial charge is 0.392 e. The van der Waals surface area contributed by atoms with Crippen molar-refractivity contribution in [3.05, 3.63) is 95.1 Å². The zero-order chi connectivity index (χ0) is 32.8. The molecule has 0 radical (unpaired) electrons. The molecule has 47 heavy (non-hydrogen) atoms. The number of amides is 2. The van der Waals surface area contributed by atoms with Crippen LogP contribution in [-0.2, 0) is 37.0 Å². The molecule has 2 aliphatic rings. The van der Waals surface area contributed by atoms with E-state index in [0.29, 0.717) is 25.8 Å². The van der Waals surface area contributed by atoms with Gasteiger partial charge in [0, 0.05) is 51.0 Å². The number of nitrogens with zero attached hydrogens (tertiary/aromatic N) is 1. The molecule has 252 valence electrons. The number of aliphatic hydroxyl groups is 1. The van der Waals surface area contributed by atoms with Gasteiger partial charge in [-0.05, 0) is 46.7 Å². The third kappa shape index (κ3) is 10.7. The van der Waals surface area contributed by atoms with Crippen molar-refractivity contribution in [2.75, 3.05) is 32.8 Å². The molecule has 3 atom stereocenters. The van der Waals surface area contributed by atoms with E-state index in [2.05, 4.69) is 46.6 Å². The summed E-state index contributed by atoms with van der Waals surface area (Å²) in [5.74, 6) is -0.368. The van der Waals surface area contributed by atoms with E-state index in [1.165, 1.54) is 0 Å². The number of rotatable bonds is 15. The van der Waals surface area contributed by atoms with Crippen molar-refractivity contribution in [2.45, 2.75) is 76.6 Å².